The molecule has 0 aromatic heterocycles. The fourth-order valence-corrected chi connectivity index (χ4v) is 3.35. The molecule has 1 N–H and O–H groups in total. The average Bonchev–Trinajstić information content (AvgIpc) is 2.81. The Morgan fingerprint density at radius 2 is 1.68 bits per heavy atom. The van der Waals surface area contributed by atoms with E-state index in [2.05, 4.69) is 16.6 Å². The van der Waals surface area contributed by atoms with Gasteiger partial charge in [-0.2, -0.15) is 0 Å². The van der Waals surface area contributed by atoms with Crippen LogP contribution < -0.4 is 0 Å². The number of hydrogen-bond donors (Lipinski definition) is 1. The summed E-state index contributed by atoms with van der Waals surface area (Å²) in [4.78, 5) is 2.90. The summed E-state index contributed by atoms with van der Waals surface area (Å²) in [6, 6.07) is 18.4. The van der Waals surface area contributed by atoms with Gasteiger partial charge in [-0.1, -0.05) is 71.9 Å². The monoisotopic (exact) mass is 425 g/mol. The van der Waals surface area contributed by atoms with E-state index in [0.717, 1.165) is 11.1 Å². The molecule has 0 unspecified atom stereocenters. The molecule has 1 aliphatic heterocycles. The Kier molecular flexibility index (Phi) is 9.05. The van der Waals surface area contributed by atoms with Crippen molar-refractivity contribution in [3.05, 3.63) is 94.9 Å². The van der Waals surface area contributed by atoms with Gasteiger partial charge in [0.1, 0.15) is 18.2 Å². The standard InChI is InChI=1S/C23H27N3O5/c1-2-13-29-23-20(25-26-24)22(30-15-18-11-7-4-8-12-18)21(27)19(31-23)16-28-14-17-9-5-3-6-10-17/h2-12,19-23,27H,1,13-16H2/t19-,20-,21-,22-,23+/m1/s1. The summed E-state index contributed by atoms with van der Waals surface area (Å²) in [6.45, 7) is 4.58. The SMILES string of the molecule is C=CCO[C@H]1O[C@H](COCc2ccccc2)[C@@H](O)[C@H](OCc2ccccc2)[C@H]1N=[N+]=[N-]. The van der Waals surface area contributed by atoms with Gasteiger partial charge in [0, 0.05) is 4.91 Å². The van der Waals surface area contributed by atoms with E-state index in [1.807, 2.05) is 60.7 Å². The lowest BCUT2D eigenvalue weighted by molar-refractivity contribution is -0.274. The molecule has 2 aromatic carbocycles. The second-order valence-electron chi connectivity index (χ2n) is 7.11. The fraction of sp³-hybridized carbons (Fsp3) is 0.391. The molecule has 1 heterocycles. The van der Waals surface area contributed by atoms with Crippen molar-refractivity contribution in [2.75, 3.05) is 13.2 Å². The van der Waals surface area contributed by atoms with Crippen molar-refractivity contribution in [3.8, 4) is 0 Å². The van der Waals surface area contributed by atoms with Gasteiger partial charge in [-0.15, -0.1) is 6.58 Å². The van der Waals surface area contributed by atoms with Crippen LogP contribution in [0, 0.1) is 0 Å². The summed E-state index contributed by atoms with van der Waals surface area (Å²) >= 11 is 0. The molecule has 0 spiro atoms. The van der Waals surface area contributed by atoms with E-state index in [9.17, 15) is 5.11 Å². The van der Waals surface area contributed by atoms with Gasteiger partial charge in [0.25, 0.3) is 0 Å². The van der Waals surface area contributed by atoms with Crippen molar-refractivity contribution in [1.82, 2.24) is 0 Å². The fourth-order valence-electron chi connectivity index (χ4n) is 3.35. The zero-order valence-corrected chi connectivity index (χ0v) is 17.2. The Morgan fingerprint density at radius 1 is 1.03 bits per heavy atom. The van der Waals surface area contributed by atoms with Gasteiger partial charge in [0.15, 0.2) is 6.29 Å². The van der Waals surface area contributed by atoms with Crippen LogP contribution >= 0.6 is 0 Å². The molecule has 0 bridgehead atoms. The quantitative estimate of drug-likeness (QED) is 0.255. The van der Waals surface area contributed by atoms with E-state index in [1.165, 1.54) is 0 Å². The zero-order valence-electron chi connectivity index (χ0n) is 17.2. The number of aliphatic hydroxyl groups excluding tert-OH is 1. The highest BCUT2D eigenvalue weighted by Crippen LogP contribution is 2.28. The molecular weight excluding hydrogens is 398 g/mol. The third-order valence-electron chi connectivity index (χ3n) is 4.88. The minimum absolute atomic E-state index is 0.123. The maximum atomic E-state index is 11.0. The lowest BCUT2D eigenvalue weighted by Gasteiger charge is -2.42. The summed E-state index contributed by atoms with van der Waals surface area (Å²) in [5.41, 5.74) is 11.0. The van der Waals surface area contributed by atoms with Crippen LogP contribution in [0.3, 0.4) is 0 Å². The van der Waals surface area contributed by atoms with Crippen LogP contribution in [0.5, 0.6) is 0 Å². The summed E-state index contributed by atoms with van der Waals surface area (Å²) in [6.07, 6.45) is -1.95. The third-order valence-corrected chi connectivity index (χ3v) is 4.88. The Bertz CT molecular complexity index is 845. The number of hydrogen-bond acceptors (Lipinski definition) is 6. The molecule has 0 radical (unpaired) electrons. The molecule has 164 valence electrons. The molecule has 1 aliphatic rings. The van der Waals surface area contributed by atoms with Crippen LogP contribution in [-0.2, 0) is 32.2 Å². The number of azide groups is 1. The van der Waals surface area contributed by atoms with E-state index < -0.39 is 30.6 Å². The van der Waals surface area contributed by atoms with Crippen LogP contribution in [0.1, 0.15) is 11.1 Å². The van der Waals surface area contributed by atoms with Crippen molar-refractivity contribution in [2.45, 2.75) is 43.9 Å². The summed E-state index contributed by atoms with van der Waals surface area (Å²) < 4.78 is 23.3. The van der Waals surface area contributed by atoms with Crippen LogP contribution in [0.15, 0.2) is 78.4 Å². The van der Waals surface area contributed by atoms with Crippen molar-refractivity contribution in [3.63, 3.8) is 0 Å². The van der Waals surface area contributed by atoms with Gasteiger partial charge in [-0.3, -0.25) is 0 Å². The first-order valence-corrected chi connectivity index (χ1v) is 10.1. The highest BCUT2D eigenvalue weighted by Gasteiger charge is 2.46. The van der Waals surface area contributed by atoms with Crippen LogP contribution in [0.2, 0.25) is 0 Å². The second kappa shape index (κ2) is 12.2. The molecule has 5 atom stereocenters. The predicted octanol–water partition coefficient (Wildman–Crippen LogP) is 3.76. The van der Waals surface area contributed by atoms with E-state index in [1.54, 1.807) is 6.08 Å². The molecule has 1 saturated heterocycles. The second-order valence-corrected chi connectivity index (χ2v) is 7.11. The highest BCUT2D eigenvalue weighted by atomic mass is 16.7. The number of rotatable bonds is 11. The normalized spacial score (nSPS) is 25.5. The predicted molar refractivity (Wildman–Crippen MR) is 115 cm³/mol. The van der Waals surface area contributed by atoms with Crippen molar-refractivity contribution in [2.24, 2.45) is 5.11 Å². The first-order chi connectivity index (χ1) is 15.2. The molecule has 2 aromatic rings. The minimum atomic E-state index is -1.07. The van der Waals surface area contributed by atoms with Crippen molar-refractivity contribution in [1.29, 1.82) is 0 Å². The van der Waals surface area contributed by atoms with Gasteiger partial charge in [0.05, 0.1) is 32.5 Å². The summed E-state index contributed by atoms with van der Waals surface area (Å²) in [7, 11) is 0. The van der Waals surface area contributed by atoms with Gasteiger partial charge >= 0.3 is 0 Å². The largest absolute Gasteiger partial charge is 0.388 e. The van der Waals surface area contributed by atoms with Crippen molar-refractivity contribution < 1.29 is 24.1 Å². The Balaban J connectivity index is 1.71. The first kappa shape index (κ1) is 23.0. The molecule has 8 heteroatoms. The topological polar surface area (TPSA) is 106 Å². The summed E-state index contributed by atoms with van der Waals surface area (Å²) in [5, 5.41) is 14.8. The maximum absolute atomic E-state index is 11.0. The average molecular weight is 425 g/mol. The molecular formula is C23H27N3O5. The molecule has 0 saturated carbocycles. The Hall–Kier alpha value is -2.71. The molecule has 31 heavy (non-hydrogen) atoms. The highest BCUT2D eigenvalue weighted by molar-refractivity contribution is 5.14. The third kappa shape index (κ3) is 6.63. The van der Waals surface area contributed by atoms with E-state index >= 15 is 0 Å². The smallest absolute Gasteiger partial charge is 0.169 e. The van der Waals surface area contributed by atoms with Gasteiger partial charge in [0.2, 0.25) is 0 Å². The van der Waals surface area contributed by atoms with Gasteiger partial charge < -0.3 is 24.1 Å². The number of nitrogens with zero attached hydrogens (tertiary/aromatic N) is 3. The molecule has 8 nitrogen and oxygen atoms in total. The molecule has 3 rings (SSSR count). The maximum Gasteiger partial charge on any atom is 0.169 e. The zero-order chi connectivity index (χ0) is 21.9. The number of ether oxygens (including phenoxy) is 4. The van der Waals surface area contributed by atoms with E-state index in [0.29, 0.717) is 6.61 Å². The van der Waals surface area contributed by atoms with Gasteiger partial charge in [-0.05, 0) is 16.7 Å². The van der Waals surface area contributed by atoms with E-state index in [4.69, 9.17) is 24.5 Å². The van der Waals surface area contributed by atoms with E-state index in [-0.39, 0.29) is 19.8 Å². The van der Waals surface area contributed by atoms with Gasteiger partial charge in [-0.25, -0.2) is 0 Å². The van der Waals surface area contributed by atoms with Crippen molar-refractivity contribution >= 4 is 0 Å². The first-order valence-electron chi connectivity index (χ1n) is 10.1. The molecule has 1 fully saturated rings. The molecule has 0 aliphatic carbocycles. The van der Waals surface area contributed by atoms with Crippen LogP contribution in [-0.4, -0.2) is 49.0 Å². The number of aliphatic hydroxyl groups is 1. The lowest BCUT2D eigenvalue weighted by atomic mass is 9.97. The van der Waals surface area contributed by atoms with Crippen LogP contribution in [0.4, 0.5) is 0 Å². The Morgan fingerprint density at radius 3 is 2.29 bits per heavy atom. The molecule has 0 amide bonds. The summed E-state index contributed by atoms with van der Waals surface area (Å²) in [5.74, 6) is 0. The Labute approximate surface area is 181 Å². The lowest BCUT2D eigenvalue weighted by Crippen LogP contribution is -2.59. The minimum Gasteiger partial charge on any atom is -0.388 e. The van der Waals surface area contributed by atoms with Crippen LogP contribution in [0.25, 0.3) is 10.4 Å². The number of benzene rings is 2.